The zero-order valence-electron chi connectivity index (χ0n) is 14.8. The fraction of sp³-hybridized carbons (Fsp3) is 0.235. The fourth-order valence-electron chi connectivity index (χ4n) is 2.31. The molecule has 0 atom stereocenters. The van der Waals surface area contributed by atoms with Crippen molar-refractivity contribution < 1.29 is 39.6 Å². The molecule has 0 spiro atoms. The minimum Gasteiger partial charge on any atom is -0.345 e. The number of anilines is 1. The molecule has 0 bridgehead atoms. The number of carbonyl (C=O) groups excluding carboxylic acids is 1. The van der Waals surface area contributed by atoms with E-state index in [4.69, 9.17) is 11.6 Å². The van der Waals surface area contributed by atoms with E-state index in [1.54, 1.807) is 0 Å². The van der Waals surface area contributed by atoms with Crippen LogP contribution in [0.2, 0.25) is 5.02 Å². The molecular formula is C17H13ClF6N2O3S. The predicted molar refractivity (Wildman–Crippen MR) is 96.5 cm³/mol. The first-order chi connectivity index (χ1) is 13.7. The summed E-state index contributed by atoms with van der Waals surface area (Å²) in [7, 11) is -4.60. The number of hydrogen-bond donors (Lipinski definition) is 1. The van der Waals surface area contributed by atoms with E-state index in [1.807, 2.05) is 0 Å². The maximum atomic E-state index is 13.2. The van der Waals surface area contributed by atoms with Crippen LogP contribution in [0.15, 0.2) is 53.4 Å². The number of amides is 1. The average Bonchev–Trinajstić information content (AvgIpc) is 2.64. The van der Waals surface area contributed by atoms with Crippen molar-refractivity contribution in [2.75, 3.05) is 17.4 Å². The second-order valence-corrected chi connectivity index (χ2v) is 8.15. The van der Waals surface area contributed by atoms with Crippen LogP contribution < -0.4 is 9.62 Å². The second-order valence-electron chi connectivity index (χ2n) is 5.88. The van der Waals surface area contributed by atoms with Gasteiger partial charge in [-0.15, -0.1) is 0 Å². The number of alkyl halides is 6. The van der Waals surface area contributed by atoms with Crippen molar-refractivity contribution in [3.63, 3.8) is 0 Å². The van der Waals surface area contributed by atoms with E-state index in [9.17, 15) is 39.6 Å². The standard InChI is InChI=1S/C17H13ClF6N2O3S/c18-14-7-6-11(8-13(14)17(22,23)24)26(9-15(27)25-10-16(19,20)21)30(28,29)12-4-2-1-3-5-12/h1-8H,9-10H2,(H,25,27). The maximum Gasteiger partial charge on any atom is 0.417 e. The van der Waals surface area contributed by atoms with Gasteiger partial charge in [0.15, 0.2) is 0 Å². The van der Waals surface area contributed by atoms with Crippen molar-refractivity contribution in [2.45, 2.75) is 17.2 Å². The summed E-state index contributed by atoms with van der Waals surface area (Å²) in [5, 5.41) is 0.767. The first-order valence-corrected chi connectivity index (χ1v) is 9.81. The van der Waals surface area contributed by atoms with Gasteiger partial charge in [-0.05, 0) is 30.3 Å². The Labute approximate surface area is 172 Å². The van der Waals surface area contributed by atoms with Crippen LogP contribution in [0, 0.1) is 0 Å². The van der Waals surface area contributed by atoms with Crippen LogP contribution in [-0.4, -0.2) is 33.6 Å². The van der Waals surface area contributed by atoms with Crippen molar-refractivity contribution in [1.82, 2.24) is 5.32 Å². The fourth-order valence-corrected chi connectivity index (χ4v) is 3.96. The molecule has 0 saturated carbocycles. The smallest absolute Gasteiger partial charge is 0.345 e. The van der Waals surface area contributed by atoms with Crippen molar-refractivity contribution in [3.8, 4) is 0 Å². The molecular weight excluding hydrogens is 462 g/mol. The van der Waals surface area contributed by atoms with Crippen LogP contribution >= 0.6 is 11.6 Å². The highest BCUT2D eigenvalue weighted by Gasteiger charge is 2.36. The second kappa shape index (κ2) is 8.72. The number of hydrogen-bond acceptors (Lipinski definition) is 3. The molecule has 5 nitrogen and oxygen atoms in total. The Morgan fingerprint density at radius 2 is 1.60 bits per heavy atom. The third-order valence-electron chi connectivity index (χ3n) is 3.65. The average molecular weight is 475 g/mol. The minimum absolute atomic E-state index is 0.277. The molecule has 2 aromatic carbocycles. The minimum atomic E-state index is -4.94. The molecule has 2 aromatic rings. The summed E-state index contributed by atoms with van der Waals surface area (Å²) < 4.78 is 103. The van der Waals surface area contributed by atoms with Gasteiger partial charge in [0.25, 0.3) is 10.0 Å². The van der Waals surface area contributed by atoms with Gasteiger partial charge in [-0.25, -0.2) is 8.42 Å². The van der Waals surface area contributed by atoms with Gasteiger partial charge in [0.05, 0.1) is 21.2 Å². The SMILES string of the molecule is O=C(CN(c1ccc(Cl)c(C(F)(F)F)c1)S(=O)(=O)c1ccccc1)NCC(F)(F)F. The Bertz CT molecular complexity index is 1010. The zero-order valence-corrected chi connectivity index (χ0v) is 16.3. The highest BCUT2D eigenvalue weighted by atomic mass is 35.5. The summed E-state index contributed by atoms with van der Waals surface area (Å²) in [6.45, 7) is -2.92. The number of benzene rings is 2. The van der Waals surface area contributed by atoms with Crippen molar-refractivity contribution >= 4 is 33.2 Å². The molecule has 0 aliphatic rings. The quantitative estimate of drug-likeness (QED) is 0.637. The largest absolute Gasteiger partial charge is 0.417 e. The number of sulfonamides is 1. The highest BCUT2D eigenvalue weighted by Crippen LogP contribution is 2.38. The number of nitrogens with zero attached hydrogens (tertiary/aromatic N) is 1. The Balaban J connectivity index is 2.51. The Kier molecular flexibility index (Phi) is 6.92. The van der Waals surface area contributed by atoms with Gasteiger partial charge in [-0.3, -0.25) is 9.10 Å². The van der Waals surface area contributed by atoms with Crippen LogP contribution in [0.4, 0.5) is 32.0 Å². The van der Waals surface area contributed by atoms with Gasteiger partial charge in [-0.1, -0.05) is 29.8 Å². The molecule has 0 aliphatic carbocycles. The van der Waals surface area contributed by atoms with E-state index < -0.39 is 57.6 Å². The molecule has 1 N–H and O–H groups in total. The van der Waals surface area contributed by atoms with Crippen LogP contribution in [0.25, 0.3) is 0 Å². The van der Waals surface area contributed by atoms with Gasteiger partial charge in [-0.2, -0.15) is 26.3 Å². The Morgan fingerprint density at radius 1 is 1.00 bits per heavy atom. The molecule has 1 amide bonds. The Morgan fingerprint density at radius 3 is 2.13 bits per heavy atom. The van der Waals surface area contributed by atoms with E-state index >= 15 is 0 Å². The highest BCUT2D eigenvalue weighted by molar-refractivity contribution is 7.92. The summed E-state index contributed by atoms with van der Waals surface area (Å²) >= 11 is 5.53. The number of carbonyl (C=O) groups is 1. The third kappa shape index (κ3) is 6.02. The van der Waals surface area contributed by atoms with E-state index in [0.29, 0.717) is 6.07 Å². The Hall–Kier alpha value is -2.47. The zero-order chi connectivity index (χ0) is 22.7. The van der Waals surface area contributed by atoms with Gasteiger partial charge in [0.2, 0.25) is 5.91 Å². The molecule has 30 heavy (non-hydrogen) atoms. The van der Waals surface area contributed by atoms with E-state index in [1.165, 1.54) is 23.5 Å². The summed E-state index contributed by atoms with van der Waals surface area (Å²) in [4.78, 5) is 11.6. The topological polar surface area (TPSA) is 66.5 Å². The number of rotatable bonds is 6. The summed E-state index contributed by atoms with van der Waals surface area (Å²) in [6, 6.07) is 8.47. The van der Waals surface area contributed by atoms with Crippen LogP contribution in [-0.2, 0) is 21.0 Å². The first kappa shape index (κ1) is 23.8. The van der Waals surface area contributed by atoms with Crippen molar-refractivity contribution in [2.24, 2.45) is 0 Å². The maximum absolute atomic E-state index is 13.2. The first-order valence-electron chi connectivity index (χ1n) is 8.00. The third-order valence-corrected chi connectivity index (χ3v) is 5.77. The van der Waals surface area contributed by atoms with Crippen molar-refractivity contribution in [3.05, 3.63) is 59.1 Å². The molecule has 0 heterocycles. The van der Waals surface area contributed by atoms with Gasteiger partial charge in [0.1, 0.15) is 13.1 Å². The van der Waals surface area contributed by atoms with Gasteiger partial charge < -0.3 is 5.32 Å². The lowest BCUT2D eigenvalue weighted by Crippen LogP contribution is -2.43. The normalized spacial score (nSPS) is 12.5. The summed E-state index contributed by atoms with van der Waals surface area (Å²) in [5.41, 5.74) is -1.97. The molecule has 2 rings (SSSR count). The molecule has 13 heteroatoms. The molecule has 0 saturated heterocycles. The lowest BCUT2D eigenvalue weighted by molar-refractivity contribution is -0.137. The molecule has 164 valence electrons. The summed E-state index contributed by atoms with van der Waals surface area (Å²) in [6.07, 6.45) is -9.70. The lowest BCUT2D eigenvalue weighted by Gasteiger charge is -2.25. The molecule has 0 radical (unpaired) electrons. The van der Waals surface area contributed by atoms with Crippen LogP contribution in [0.3, 0.4) is 0 Å². The van der Waals surface area contributed by atoms with E-state index in [2.05, 4.69) is 0 Å². The molecule has 0 unspecified atom stereocenters. The van der Waals surface area contributed by atoms with Gasteiger partial charge in [0, 0.05) is 0 Å². The predicted octanol–water partition coefficient (Wildman–Crippen LogP) is 4.23. The number of nitrogens with one attached hydrogen (secondary N) is 1. The van der Waals surface area contributed by atoms with Crippen LogP contribution in [0.1, 0.15) is 5.56 Å². The lowest BCUT2D eigenvalue weighted by atomic mass is 10.2. The monoisotopic (exact) mass is 474 g/mol. The molecule has 0 aliphatic heterocycles. The van der Waals surface area contributed by atoms with Crippen LogP contribution in [0.5, 0.6) is 0 Å². The summed E-state index contributed by atoms with van der Waals surface area (Å²) in [5.74, 6) is -1.37. The van der Waals surface area contributed by atoms with E-state index in [0.717, 1.165) is 24.3 Å². The van der Waals surface area contributed by atoms with Crippen molar-refractivity contribution in [1.29, 1.82) is 0 Å². The number of halogens is 7. The molecule has 0 aromatic heterocycles. The van der Waals surface area contributed by atoms with E-state index in [-0.39, 0.29) is 9.20 Å². The molecule has 0 fully saturated rings. The van der Waals surface area contributed by atoms with Gasteiger partial charge >= 0.3 is 12.4 Å².